The van der Waals surface area contributed by atoms with Crippen LogP contribution >= 0.6 is 0 Å². The molecule has 1 unspecified atom stereocenters. The van der Waals surface area contributed by atoms with Crippen molar-refractivity contribution in [2.75, 3.05) is 6.23 Å². The molecule has 0 N–H and O–H groups in total. The Morgan fingerprint density at radius 1 is 1.47 bits per heavy atom. The summed E-state index contributed by atoms with van der Waals surface area (Å²) in [7, 11) is -3.34. The van der Waals surface area contributed by atoms with E-state index in [0.717, 1.165) is 6.42 Å². The molecule has 1 fully saturated rings. The van der Waals surface area contributed by atoms with Crippen LogP contribution in [-0.2, 0) is 14.0 Å². The Morgan fingerprint density at radius 2 is 2.06 bits per heavy atom. The van der Waals surface area contributed by atoms with Crippen LogP contribution < -0.4 is 0 Å². The maximum atomic E-state index is 11.2. The van der Waals surface area contributed by atoms with Crippen molar-refractivity contribution in [1.29, 1.82) is 0 Å². The maximum Gasteiger partial charge on any atom is 0.329 e. The Kier molecular flexibility index (Phi) is 4.06. The zero-order chi connectivity index (χ0) is 13.3. The van der Waals surface area contributed by atoms with Crippen LogP contribution in [0, 0.1) is 0 Å². The first-order valence-electron chi connectivity index (χ1n) is 6.11. The molecule has 0 saturated carbocycles. The van der Waals surface area contributed by atoms with Gasteiger partial charge < -0.3 is 9.16 Å². The third kappa shape index (κ3) is 3.29. The second kappa shape index (κ2) is 4.70. The topological polar surface area (TPSA) is 35.5 Å². The monoisotopic (exact) mass is 272 g/mol. The highest BCUT2D eigenvalue weighted by Gasteiger charge is 2.53. The van der Waals surface area contributed by atoms with Crippen molar-refractivity contribution in [3.8, 4) is 0 Å². The molecule has 0 radical (unpaired) electrons. The smallest absolute Gasteiger partial charge is 0.329 e. The number of carbonyl (C=O) groups excluding carboxylic acids is 1. The minimum absolute atomic E-state index is 0.00925. The molecule has 1 heterocycles. The molecule has 1 aliphatic rings. The summed E-state index contributed by atoms with van der Waals surface area (Å²) in [6.45, 7) is 14.6. The number of hydrogen-bond acceptors (Lipinski definition) is 3. The molecule has 1 rings (SSSR count). The summed E-state index contributed by atoms with van der Waals surface area (Å²) < 4.78 is 11.6. The summed E-state index contributed by atoms with van der Waals surface area (Å²) in [5.41, 5.74) is -0.00925. The van der Waals surface area contributed by atoms with Crippen molar-refractivity contribution >= 4 is 21.4 Å². The summed E-state index contributed by atoms with van der Waals surface area (Å²) in [6, 6.07) is 1.18. The van der Waals surface area contributed by atoms with Gasteiger partial charge in [-0.25, -0.2) is 4.79 Å². The Bertz CT molecular complexity index is 326. The number of esters is 1. The predicted octanol–water partition coefficient (Wildman–Crippen LogP) is 2.82. The first-order valence-corrected chi connectivity index (χ1v) is 12.9. The highest BCUT2D eigenvalue weighted by molar-refractivity contribution is 7.39. The number of carbonyl (C=O) groups is 1. The van der Waals surface area contributed by atoms with E-state index in [9.17, 15) is 4.79 Å². The Labute approximate surface area is 106 Å². The molecular formula is C12H24O3Si2. The van der Waals surface area contributed by atoms with Crippen molar-refractivity contribution in [3.05, 3.63) is 12.7 Å². The van der Waals surface area contributed by atoms with Gasteiger partial charge >= 0.3 is 5.97 Å². The van der Waals surface area contributed by atoms with Crippen LogP contribution in [0.15, 0.2) is 12.7 Å². The molecule has 1 atom stereocenters. The van der Waals surface area contributed by atoms with Gasteiger partial charge in [0.1, 0.15) is 7.59 Å². The van der Waals surface area contributed by atoms with E-state index >= 15 is 0 Å². The third-order valence-electron chi connectivity index (χ3n) is 3.96. The first kappa shape index (κ1) is 14.7. The van der Waals surface area contributed by atoms with E-state index < -0.39 is 15.4 Å². The van der Waals surface area contributed by atoms with Gasteiger partial charge in [0, 0.05) is 6.08 Å². The average Bonchev–Trinajstić information content (AvgIpc) is 2.20. The van der Waals surface area contributed by atoms with Gasteiger partial charge in [0.05, 0.1) is 11.8 Å². The lowest BCUT2D eigenvalue weighted by molar-refractivity contribution is -0.136. The zero-order valence-electron chi connectivity index (χ0n) is 11.6. The fraction of sp³-hybridized carbons (Fsp3) is 0.750. The standard InChI is InChI=1S/C12H24O3Si2/c1-7-11(13)14-10-17(6)9-8-12(2,3)15-16(17,4)5/h7H,1,8-10H2,2-6H3. The highest BCUT2D eigenvalue weighted by atomic mass is 29.3. The third-order valence-corrected chi connectivity index (χ3v) is 20.3. The van der Waals surface area contributed by atoms with Crippen LogP contribution in [0.5, 0.6) is 0 Å². The minimum Gasteiger partial charge on any atom is -0.466 e. The van der Waals surface area contributed by atoms with E-state index in [0.29, 0.717) is 6.23 Å². The molecule has 98 valence electrons. The summed E-state index contributed by atoms with van der Waals surface area (Å²) >= 11 is 0. The molecule has 0 aromatic heterocycles. The van der Waals surface area contributed by atoms with E-state index in [-0.39, 0.29) is 11.6 Å². The Hall–Kier alpha value is -0.396. The molecular weight excluding hydrogens is 248 g/mol. The van der Waals surface area contributed by atoms with Gasteiger partial charge in [0.2, 0.25) is 0 Å². The summed E-state index contributed by atoms with van der Waals surface area (Å²) in [5.74, 6) is -0.312. The van der Waals surface area contributed by atoms with Gasteiger partial charge in [-0.05, 0) is 33.4 Å². The number of rotatable bonds is 3. The van der Waals surface area contributed by atoms with E-state index in [1.807, 2.05) is 0 Å². The quantitative estimate of drug-likeness (QED) is 0.450. The normalized spacial score (nSPS) is 30.6. The van der Waals surface area contributed by atoms with Crippen LogP contribution in [0.4, 0.5) is 0 Å². The van der Waals surface area contributed by atoms with Crippen molar-refractivity contribution in [3.63, 3.8) is 0 Å². The van der Waals surface area contributed by atoms with Gasteiger partial charge in [-0.3, -0.25) is 0 Å². The molecule has 0 spiro atoms. The Balaban J connectivity index is 2.75. The predicted molar refractivity (Wildman–Crippen MR) is 74.8 cm³/mol. The second-order valence-electron chi connectivity index (χ2n) is 6.24. The van der Waals surface area contributed by atoms with Crippen LogP contribution in [0.2, 0.25) is 25.7 Å². The molecule has 1 saturated heterocycles. The lowest BCUT2D eigenvalue weighted by Crippen LogP contribution is -2.68. The molecule has 0 bridgehead atoms. The summed E-state index contributed by atoms with van der Waals surface area (Å²) in [6.07, 6.45) is 2.88. The fourth-order valence-corrected chi connectivity index (χ4v) is 11.7. The lowest BCUT2D eigenvalue weighted by atomic mass is 10.1. The molecule has 0 aromatic rings. The van der Waals surface area contributed by atoms with Gasteiger partial charge in [0.25, 0.3) is 0 Å². The van der Waals surface area contributed by atoms with Crippen molar-refractivity contribution in [2.45, 2.75) is 51.6 Å². The maximum absolute atomic E-state index is 11.2. The van der Waals surface area contributed by atoms with Gasteiger partial charge in [-0.1, -0.05) is 19.2 Å². The fourth-order valence-electron chi connectivity index (χ4n) is 2.28. The molecule has 1 aliphatic heterocycles. The number of ether oxygens (including phenoxy) is 1. The lowest BCUT2D eigenvalue weighted by Gasteiger charge is -2.50. The van der Waals surface area contributed by atoms with Crippen molar-refractivity contribution in [2.24, 2.45) is 0 Å². The van der Waals surface area contributed by atoms with E-state index in [1.54, 1.807) is 0 Å². The van der Waals surface area contributed by atoms with E-state index in [1.165, 1.54) is 12.1 Å². The average molecular weight is 272 g/mol. The molecule has 5 heteroatoms. The largest absolute Gasteiger partial charge is 0.466 e. The van der Waals surface area contributed by atoms with Crippen LogP contribution in [-0.4, -0.2) is 33.2 Å². The van der Waals surface area contributed by atoms with Gasteiger partial charge in [-0.2, -0.15) is 0 Å². The van der Waals surface area contributed by atoms with Crippen molar-refractivity contribution in [1.82, 2.24) is 0 Å². The number of hydrogen-bond donors (Lipinski definition) is 0. The second-order valence-corrected chi connectivity index (χ2v) is 20.6. The summed E-state index contributed by atoms with van der Waals surface area (Å²) in [5, 5.41) is 0. The van der Waals surface area contributed by atoms with Crippen LogP contribution in [0.25, 0.3) is 0 Å². The molecule has 3 nitrogen and oxygen atoms in total. The van der Waals surface area contributed by atoms with Crippen molar-refractivity contribution < 1.29 is 14.0 Å². The zero-order valence-corrected chi connectivity index (χ0v) is 13.6. The van der Waals surface area contributed by atoms with Crippen LogP contribution in [0.1, 0.15) is 20.3 Å². The Morgan fingerprint density at radius 3 is 2.53 bits per heavy atom. The SMILES string of the molecule is C=CC(=O)OC[Si]1(C)CCC(C)(C)O[Si]1(C)C. The molecule has 0 aromatic carbocycles. The first-order chi connectivity index (χ1) is 7.62. The van der Waals surface area contributed by atoms with Gasteiger partial charge in [-0.15, -0.1) is 0 Å². The molecule has 0 aliphatic carbocycles. The summed E-state index contributed by atoms with van der Waals surface area (Å²) in [4.78, 5) is 11.2. The molecule has 17 heavy (non-hydrogen) atoms. The van der Waals surface area contributed by atoms with E-state index in [2.05, 4.69) is 40.1 Å². The van der Waals surface area contributed by atoms with E-state index in [4.69, 9.17) is 9.16 Å². The van der Waals surface area contributed by atoms with Crippen LogP contribution in [0.3, 0.4) is 0 Å². The molecule has 0 amide bonds. The highest BCUT2D eigenvalue weighted by Crippen LogP contribution is 2.38. The van der Waals surface area contributed by atoms with Gasteiger partial charge in [0.15, 0.2) is 7.83 Å². The minimum atomic E-state index is -1.73.